The largest absolute Gasteiger partial charge is 0.401 e. The van der Waals surface area contributed by atoms with Crippen LogP contribution in [0.2, 0.25) is 0 Å². The second kappa shape index (κ2) is 6.79. The molecule has 0 bridgehead atoms. The zero-order valence-electron chi connectivity index (χ0n) is 12.6. The second-order valence-electron chi connectivity index (χ2n) is 6.01. The van der Waals surface area contributed by atoms with E-state index in [-0.39, 0.29) is 0 Å². The number of likely N-dealkylation sites (tertiary alicyclic amines) is 1. The molecule has 21 heavy (non-hydrogen) atoms. The van der Waals surface area contributed by atoms with Gasteiger partial charge in [0, 0.05) is 13.1 Å². The first-order valence-electron chi connectivity index (χ1n) is 7.40. The molecule has 1 heterocycles. The van der Waals surface area contributed by atoms with Crippen LogP contribution in [-0.4, -0.2) is 37.3 Å². The van der Waals surface area contributed by atoms with Gasteiger partial charge in [-0.25, -0.2) is 0 Å². The highest BCUT2D eigenvalue weighted by molar-refractivity contribution is 5.33. The van der Waals surface area contributed by atoms with Crippen LogP contribution in [0.25, 0.3) is 0 Å². The van der Waals surface area contributed by atoms with Crippen molar-refractivity contribution < 1.29 is 13.2 Å². The van der Waals surface area contributed by atoms with Crippen molar-refractivity contribution in [3.8, 4) is 0 Å². The Kier molecular flexibility index (Phi) is 5.27. The van der Waals surface area contributed by atoms with Crippen LogP contribution in [0.5, 0.6) is 0 Å². The molecule has 1 saturated heterocycles. The molecule has 0 saturated carbocycles. The van der Waals surface area contributed by atoms with Crippen molar-refractivity contribution in [2.75, 3.05) is 26.2 Å². The Bertz CT molecular complexity index is 451. The molecule has 0 amide bonds. The van der Waals surface area contributed by atoms with E-state index in [9.17, 15) is 13.2 Å². The minimum atomic E-state index is -4.08. The van der Waals surface area contributed by atoms with Crippen LogP contribution in [0.4, 0.5) is 13.2 Å². The molecule has 0 aliphatic carbocycles. The topological polar surface area (TPSA) is 15.3 Å². The first-order valence-corrected chi connectivity index (χ1v) is 7.40. The van der Waals surface area contributed by atoms with Crippen LogP contribution in [0.15, 0.2) is 18.2 Å². The molecule has 0 spiro atoms. The third kappa shape index (κ3) is 5.00. The molecule has 1 aliphatic rings. The molecule has 118 valence electrons. The lowest BCUT2D eigenvalue weighted by molar-refractivity contribution is -0.143. The highest BCUT2D eigenvalue weighted by Crippen LogP contribution is 2.22. The predicted octanol–water partition coefficient (Wildman–Crippen LogP) is 3.28. The molecular weight excluding hydrogens is 277 g/mol. The summed E-state index contributed by atoms with van der Waals surface area (Å²) >= 11 is 0. The van der Waals surface area contributed by atoms with Gasteiger partial charge in [-0.2, -0.15) is 13.2 Å². The highest BCUT2D eigenvalue weighted by atomic mass is 19.4. The van der Waals surface area contributed by atoms with Gasteiger partial charge in [0.25, 0.3) is 0 Å². The quantitative estimate of drug-likeness (QED) is 0.898. The summed E-state index contributed by atoms with van der Waals surface area (Å²) in [4.78, 5) is 1.51. The molecule has 1 aromatic rings. The summed E-state index contributed by atoms with van der Waals surface area (Å²) in [6.07, 6.45) is -3.24. The molecule has 1 fully saturated rings. The van der Waals surface area contributed by atoms with Crippen LogP contribution >= 0.6 is 0 Å². The fourth-order valence-corrected chi connectivity index (χ4v) is 3.01. The van der Waals surface area contributed by atoms with Gasteiger partial charge in [0.1, 0.15) is 0 Å². The van der Waals surface area contributed by atoms with Gasteiger partial charge in [-0.3, -0.25) is 4.90 Å². The Labute approximate surface area is 124 Å². The average molecular weight is 300 g/mol. The summed E-state index contributed by atoms with van der Waals surface area (Å²) in [5, 5.41) is 3.40. The normalized spacial score (nSPS) is 20.1. The zero-order chi connectivity index (χ0) is 15.5. The maximum atomic E-state index is 12.3. The first kappa shape index (κ1) is 16.3. The third-order valence-corrected chi connectivity index (χ3v) is 4.15. The summed E-state index contributed by atoms with van der Waals surface area (Å²) in [5.41, 5.74) is 3.81. The van der Waals surface area contributed by atoms with Gasteiger partial charge in [0.15, 0.2) is 0 Å². The number of nitrogens with zero attached hydrogens (tertiary/aromatic N) is 1. The SMILES string of the molecule is Cc1cccc(C)c1CNC[C@H]1CCN(CC(F)(F)F)C1. The van der Waals surface area contributed by atoms with E-state index in [4.69, 9.17) is 0 Å². The molecule has 1 N–H and O–H groups in total. The molecule has 2 nitrogen and oxygen atoms in total. The molecule has 5 heteroatoms. The Morgan fingerprint density at radius 3 is 2.52 bits per heavy atom. The van der Waals surface area contributed by atoms with Gasteiger partial charge in [0.05, 0.1) is 6.54 Å². The van der Waals surface area contributed by atoms with Gasteiger partial charge in [0.2, 0.25) is 0 Å². The van der Waals surface area contributed by atoms with Crippen molar-refractivity contribution >= 4 is 0 Å². The highest BCUT2D eigenvalue weighted by Gasteiger charge is 2.34. The smallest absolute Gasteiger partial charge is 0.312 e. The Morgan fingerprint density at radius 1 is 1.24 bits per heavy atom. The Balaban J connectivity index is 1.75. The molecule has 0 unspecified atom stereocenters. The standard InChI is InChI=1S/C16H23F3N2/c1-12-4-3-5-13(2)15(12)9-20-8-14-6-7-21(10-14)11-16(17,18)19/h3-5,14,20H,6-11H2,1-2H3/t14-/m1/s1. The summed E-state index contributed by atoms with van der Waals surface area (Å²) in [5.74, 6) is 0.316. The molecule has 0 radical (unpaired) electrons. The van der Waals surface area contributed by atoms with Crippen LogP contribution in [0.1, 0.15) is 23.1 Å². The van der Waals surface area contributed by atoms with Crippen molar-refractivity contribution in [2.24, 2.45) is 5.92 Å². The number of alkyl halides is 3. The van der Waals surface area contributed by atoms with Gasteiger partial charge in [-0.15, -0.1) is 0 Å². The van der Waals surface area contributed by atoms with Crippen molar-refractivity contribution in [1.29, 1.82) is 0 Å². The zero-order valence-corrected chi connectivity index (χ0v) is 12.6. The van der Waals surface area contributed by atoms with Crippen LogP contribution < -0.4 is 5.32 Å². The summed E-state index contributed by atoms with van der Waals surface area (Å²) in [6.45, 7) is 6.06. The molecule has 2 rings (SSSR count). The number of rotatable bonds is 5. The van der Waals surface area contributed by atoms with Gasteiger partial charge in [-0.05, 0) is 56.0 Å². The molecular formula is C16H23F3N2. The lowest BCUT2D eigenvalue weighted by Gasteiger charge is -2.18. The Morgan fingerprint density at radius 2 is 1.90 bits per heavy atom. The van der Waals surface area contributed by atoms with Crippen LogP contribution in [-0.2, 0) is 6.54 Å². The fourth-order valence-electron chi connectivity index (χ4n) is 3.01. The maximum absolute atomic E-state index is 12.3. The number of hydrogen-bond donors (Lipinski definition) is 1. The monoisotopic (exact) mass is 300 g/mol. The lowest BCUT2D eigenvalue weighted by atomic mass is 10.0. The van der Waals surface area contributed by atoms with E-state index in [0.717, 1.165) is 19.5 Å². The van der Waals surface area contributed by atoms with E-state index < -0.39 is 12.7 Å². The summed E-state index contributed by atoms with van der Waals surface area (Å²) in [7, 11) is 0. The number of benzene rings is 1. The summed E-state index contributed by atoms with van der Waals surface area (Å²) in [6, 6.07) is 6.22. The third-order valence-electron chi connectivity index (χ3n) is 4.15. The molecule has 1 atom stereocenters. The molecule has 1 aliphatic heterocycles. The van der Waals surface area contributed by atoms with Crippen molar-refractivity contribution in [2.45, 2.75) is 33.0 Å². The van der Waals surface area contributed by atoms with E-state index in [2.05, 4.69) is 31.3 Å². The number of halogens is 3. The van der Waals surface area contributed by atoms with Crippen molar-refractivity contribution in [3.05, 3.63) is 34.9 Å². The average Bonchev–Trinajstić information content (AvgIpc) is 2.78. The van der Waals surface area contributed by atoms with Crippen molar-refractivity contribution in [1.82, 2.24) is 10.2 Å². The molecule has 1 aromatic carbocycles. The summed E-state index contributed by atoms with van der Waals surface area (Å²) < 4.78 is 37.0. The fraction of sp³-hybridized carbons (Fsp3) is 0.625. The van der Waals surface area contributed by atoms with Crippen LogP contribution in [0, 0.1) is 19.8 Å². The maximum Gasteiger partial charge on any atom is 0.401 e. The second-order valence-corrected chi connectivity index (χ2v) is 6.01. The lowest BCUT2D eigenvalue weighted by Crippen LogP contribution is -2.33. The van der Waals surface area contributed by atoms with E-state index >= 15 is 0 Å². The van der Waals surface area contributed by atoms with E-state index in [1.165, 1.54) is 21.6 Å². The minimum absolute atomic E-state index is 0.316. The predicted molar refractivity (Wildman–Crippen MR) is 78.2 cm³/mol. The van der Waals surface area contributed by atoms with Crippen molar-refractivity contribution in [3.63, 3.8) is 0 Å². The molecule has 0 aromatic heterocycles. The van der Waals surface area contributed by atoms with Crippen LogP contribution in [0.3, 0.4) is 0 Å². The number of aryl methyl sites for hydroxylation is 2. The van der Waals surface area contributed by atoms with E-state index in [1.54, 1.807) is 0 Å². The van der Waals surface area contributed by atoms with E-state index in [0.29, 0.717) is 19.0 Å². The number of nitrogens with one attached hydrogen (secondary N) is 1. The van der Waals surface area contributed by atoms with Gasteiger partial charge in [-0.1, -0.05) is 18.2 Å². The van der Waals surface area contributed by atoms with E-state index in [1.807, 2.05) is 6.07 Å². The number of hydrogen-bond acceptors (Lipinski definition) is 2. The Hall–Kier alpha value is -1.07. The first-order chi connectivity index (χ1) is 9.85. The minimum Gasteiger partial charge on any atom is -0.312 e. The van der Waals surface area contributed by atoms with Gasteiger partial charge >= 0.3 is 6.18 Å². The van der Waals surface area contributed by atoms with Gasteiger partial charge < -0.3 is 5.32 Å².